The SMILES string of the molecule is Cl.Nc1ccc(-c2c(Cl)cc(Cl)c(Sc3c(Cl)cc(Cl)c(-c4ccc(N)cc4Cl)c3Cl)c2Cl)c(Cl)c1. The van der Waals surface area contributed by atoms with Crippen molar-refractivity contribution in [1.29, 1.82) is 0 Å². The van der Waals surface area contributed by atoms with Crippen LogP contribution in [-0.2, 0) is 0 Å². The first-order valence-corrected chi connectivity index (χ1v) is 13.5. The summed E-state index contributed by atoms with van der Waals surface area (Å²) >= 11 is 53.8. The topological polar surface area (TPSA) is 52.0 Å². The second kappa shape index (κ2) is 12.1. The van der Waals surface area contributed by atoms with Crippen LogP contribution in [0.1, 0.15) is 0 Å². The van der Waals surface area contributed by atoms with E-state index in [1.54, 1.807) is 48.5 Å². The zero-order valence-electron chi connectivity index (χ0n) is 17.6. The molecular weight excluding hydrogens is 667 g/mol. The Balaban J connectivity index is 0.00000361. The minimum Gasteiger partial charge on any atom is -0.399 e. The van der Waals surface area contributed by atoms with E-state index in [0.717, 1.165) is 0 Å². The summed E-state index contributed by atoms with van der Waals surface area (Å²) in [5.41, 5.74) is 14.8. The molecule has 0 unspecified atom stereocenters. The molecule has 0 aliphatic carbocycles. The van der Waals surface area contributed by atoms with Gasteiger partial charge in [-0.3, -0.25) is 0 Å². The Hall–Kier alpha value is -0.560. The third-order valence-corrected chi connectivity index (χ3v) is 9.26. The molecule has 0 radical (unpaired) electrons. The zero-order chi connectivity index (χ0) is 25.6. The van der Waals surface area contributed by atoms with Gasteiger partial charge in [-0.05, 0) is 36.4 Å². The van der Waals surface area contributed by atoms with Gasteiger partial charge in [0.15, 0.2) is 0 Å². The van der Waals surface area contributed by atoms with Crippen LogP contribution in [0.5, 0.6) is 0 Å². The molecule has 0 saturated carbocycles. The molecule has 0 atom stereocenters. The first kappa shape index (κ1) is 30.0. The van der Waals surface area contributed by atoms with Gasteiger partial charge in [-0.25, -0.2) is 0 Å². The van der Waals surface area contributed by atoms with Gasteiger partial charge in [-0.15, -0.1) is 12.4 Å². The molecule has 0 aliphatic heterocycles. The Morgan fingerprint density at radius 2 is 0.833 bits per heavy atom. The highest BCUT2D eigenvalue weighted by molar-refractivity contribution is 7.99. The lowest BCUT2D eigenvalue weighted by Gasteiger charge is -2.18. The van der Waals surface area contributed by atoms with Gasteiger partial charge in [0.1, 0.15) is 0 Å². The fraction of sp³-hybridized carbons (Fsp3) is 0. The van der Waals surface area contributed by atoms with E-state index in [1.807, 2.05) is 0 Å². The van der Waals surface area contributed by atoms with E-state index in [9.17, 15) is 0 Å². The van der Waals surface area contributed by atoms with E-state index in [-0.39, 0.29) is 22.5 Å². The van der Waals surface area contributed by atoms with Crippen molar-refractivity contribution in [2.24, 2.45) is 0 Å². The second-order valence-electron chi connectivity index (χ2n) is 7.30. The van der Waals surface area contributed by atoms with Crippen molar-refractivity contribution in [3.8, 4) is 22.3 Å². The van der Waals surface area contributed by atoms with Crippen LogP contribution in [0.25, 0.3) is 22.3 Å². The average Bonchev–Trinajstić information content (AvgIpc) is 2.75. The van der Waals surface area contributed by atoms with Gasteiger partial charge in [0.25, 0.3) is 0 Å². The normalized spacial score (nSPS) is 10.9. The minimum atomic E-state index is 0. The maximum absolute atomic E-state index is 6.82. The lowest BCUT2D eigenvalue weighted by Crippen LogP contribution is -1.92. The fourth-order valence-electron chi connectivity index (χ4n) is 3.40. The molecule has 0 aromatic heterocycles. The van der Waals surface area contributed by atoms with Gasteiger partial charge in [0, 0.05) is 33.6 Å². The van der Waals surface area contributed by atoms with Gasteiger partial charge in [0.05, 0.1) is 50.0 Å². The van der Waals surface area contributed by atoms with E-state index >= 15 is 0 Å². The molecule has 36 heavy (non-hydrogen) atoms. The van der Waals surface area contributed by atoms with Crippen molar-refractivity contribution in [2.75, 3.05) is 11.5 Å². The van der Waals surface area contributed by atoms with Crippen molar-refractivity contribution in [3.63, 3.8) is 0 Å². The third kappa shape index (κ3) is 5.87. The molecule has 0 amide bonds. The molecule has 0 saturated heterocycles. The van der Waals surface area contributed by atoms with Crippen LogP contribution >= 0.6 is 117 Å². The van der Waals surface area contributed by atoms with Crippen molar-refractivity contribution in [3.05, 3.63) is 88.7 Å². The maximum atomic E-state index is 6.82. The Morgan fingerprint density at radius 3 is 1.17 bits per heavy atom. The monoisotopic (exact) mass is 676 g/mol. The molecule has 0 bridgehead atoms. The number of hydrogen-bond acceptors (Lipinski definition) is 3. The number of nitrogen functional groups attached to an aromatic ring is 2. The van der Waals surface area contributed by atoms with Crippen LogP contribution in [0.2, 0.25) is 40.2 Å². The molecule has 12 heteroatoms. The van der Waals surface area contributed by atoms with Gasteiger partial charge < -0.3 is 11.5 Å². The molecule has 2 nitrogen and oxygen atoms in total. The van der Waals surface area contributed by atoms with Crippen LogP contribution in [0.15, 0.2) is 58.3 Å². The molecule has 4 N–H and O–H groups in total. The van der Waals surface area contributed by atoms with Crippen LogP contribution in [0, 0.1) is 0 Å². The number of benzene rings is 4. The van der Waals surface area contributed by atoms with Gasteiger partial charge in [-0.2, -0.15) is 0 Å². The number of hydrogen-bond donors (Lipinski definition) is 2. The largest absolute Gasteiger partial charge is 0.399 e. The van der Waals surface area contributed by atoms with Gasteiger partial charge in [0.2, 0.25) is 0 Å². The van der Waals surface area contributed by atoms with Gasteiger partial charge >= 0.3 is 0 Å². The van der Waals surface area contributed by atoms with E-state index in [2.05, 4.69) is 0 Å². The van der Waals surface area contributed by atoms with Crippen LogP contribution in [-0.4, -0.2) is 0 Å². The standard InChI is InChI=1S/C24H12Cl8N2S.ClH/c25-13-5-9(33)1-3-11(13)19-15(27)7-17(29)23(21(19)31)35-24-18(30)8-16(28)20(22(24)32)12-4-2-10(34)6-14(12)26;/h1-8H,33-34H2;1H. The average molecular weight is 681 g/mol. The second-order valence-corrected chi connectivity index (χ2v) is 11.5. The van der Waals surface area contributed by atoms with Crippen molar-refractivity contribution in [2.45, 2.75) is 9.79 Å². The van der Waals surface area contributed by atoms with Gasteiger partial charge in [-0.1, -0.05) is 117 Å². The van der Waals surface area contributed by atoms with E-state index in [1.165, 1.54) is 11.8 Å². The highest BCUT2D eigenvalue weighted by atomic mass is 35.5. The quantitative estimate of drug-likeness (QED) is 0.211. The summed E-state index contributed by atoms with van der Waals surface area (Å²) in [6.45, 7) is 0. The molecular formula is C24H13Cl9N2S. The summed E-state index contributed by atoms with van der Waals surface area (Å²) in [6.07, 6.45) is 0. The number of rotatable bonds is 4. The highest BCUT2D eigenvalue weighted by Gasteiger charge is 2.24. The number of anilines is 2. The Kier molecular flexibility index (Phi) is 10.1. The lowest BCUT2D eigenvalue weighted by atomic mass is 10.0. The summed E-state index contributed by atoms with van der Waals surface area (Å²) in [4.78, 5) is 0.946. The summed E-state index contributed by atoms with van der Waals surface area (Å²) in [5.74, 6) is 0. The van der Waals surface area contributed by atoms with Crippen molar-refractivity contribution >= 4 is 128 Å². The summed E-state index contributed by atoms with van der Waals surface area (Å²) in [5, 5.41) is 2.55. The summed E-state index contributed by atoms with van der Waals surface area (Å²) < 4.78 is 0. The molecule has 188 valence electrons. The van der Waals surface area contributed by atoms with Crippen LogP contribution in [0.4, 0.5) is 11.4 Å². The van der Waals surface area contributed by atoms with E-state index < -0.39 is 0 Å². The highest BCUT2D eigenvalue weighted by Crippen LogP contribution is 2.53. The van der Waals surface area contributed by atoms with E-state index in [0.29, 0.717) is 73.6 Å². The molecule has 4 rings (SSSR count). The van der Waals surface area contributed by atoms with Crippen molar-refractivity contribution < 1.29 is 0 Å². The molecule has 0 aliphatic rings. The smallest absolute Gasteiger partial charge is 0.0654 e. The molecule has 4 aromatic rings. The zero-order valence-corrected chi connectivity index (χ0v) is 25.3. The fourth-order valence-corrected chi connectivity index (χ4v) is 7.26. The molecule has 0 heterocycles. The molecule has 4 aromatic carbocycles. The predicted octanol–water partition coefficient (Wildman–Crippen LogP) is 12.0. The first-order chi connectivity index (χ1) is 16.5. The Bertz CT molecular complexity index is 1380. The summed E-state index contributed by atoms with van der Waals surface area (Å²) in [7, 11) is 0. The maximum Gasteiger partial charge on any atom is 0.0654 e. The van der Waals surface area contributed by atoms with Crippen molar-refractivity contribution in [1.82, 2.24) is 0 Å². The van der Waals surface area contributed by atoms with E-state index in [4.69, 9.17) is 104 Å². The lowest BCUT2D eigenvalue weighted by molar-refractivity contribution is 1.40. The Morgan fingerprint density at radius 1 is 0.472 bits per heavy atom. The summed E-state index contributed by atoms with van der Waals surface area (Å²) in [6, 6.07) is 13.2. The number of halogens is 9. The third-order valence-electron chi connectivity index (χ3n) is 4.99. The van der Waals surface area contributed by atoms with Crippen LogP contribution < -0.4 is 11.5 Å². The number of nitrogens with two attached hydrogens (primary N) is 2. The molecule has 0 spiro atoms. The first-order valence-electron chi connectivity index (χ1n) is 9.63. The molecule has 0 fully saturated rings. The Labute approximate surface area is 258 Å². The predicted molar refractivity (Wildman–Crippen MR) is 164 cm³/mol. The minimum absolute atomic E-state index is 0. The van der Waals surface area contributed by atoms with Crippen LogP contribution in [0.3, 0.4) is 0 Å².